The molecule has 1 saturated carbocycles. The number of benzene rings is 1. The van der Waals surface area contributed by atoms with Crippen molar-refractivity contribution in [2.45, 2.75) is 32.2 Å². The van der Waals surface area contributed by atoms with Crippen molar-refractivity contribution < 1.29 is 4.39 Å². The highest BCUT2D eigenvalue weighted by molar-refractivity contribution is 9.10. The molecule has 0 spiro atoms. The summed E-state index contributed by atoms with van der Waals surface area (Å²) < 4.78 is 16.8. The van der Waals surface area contributed by atoms with Crippen molar-refractivity contribution in [2.24, 2.45) is 5.92 Å². The maximum Gasteiger partial charge on any atom is 0.178 e. The lowest BCUT2D eigenvalue weighted by molar-refractivity contribution is 0.461. The van der Waals surface area contributed by atoms with E-state index in [4.69, 9.17) is 12.2 Å². The van der Waals surface area contributed by atoms with E-state index in [0.717, 1.165) is 17.6 Å². The molecule has 0 saturated heterocycles. The molecule has 18 heavy (non-hydrogen) atoms. The third-order valence-corrected chi connectivity index (χ3v) is 4.66. The molecule has 5 heteroatoms. The molecule has 0 radical (unpaired) electrons. The molecule has 0 bridgehead atoms. The molecule has 1 aliphatic rings. The van der Waals surface area contributed by atoms with Gasteiger partial charge in [-0.2, -0.15) is 0 Å². The zero-order valence-electron chi connectivity index (χ0n) is 9.88. The highest BCUT2D eigenvalue weighted by atomic mass is 79.9. The van der Waals surface area contributed by atoms with Crippen LogP contribution in [-0.2, 0) is 6.54 Å². The van der Waals surface area contributed by atoms with Crippen molar-refractivity contribution in [2.75, 3.05) is 0 Å². The average molecular weight is 329 g/mol. The first-order chi connectivity index (χ1) is 8.65. The Morgan fingerprint density at radius 3 is 2.83 bits per heavy atom. The molecule has 0 aliphatic heterocycles. The summed E-state index contributed by atoms with van der Waals surface area (Å²) in [4.78, 5) is 3.09. The summed E-state index contributed by atoms with van der Waals surface area (Å²) in [6.45, 7) is 0.941. The number of hydrogen-bond acceptors (Lipinski definition) is 1. The van der Waals surface area contributed by atoms with Gasteiger partial charge in [0, 0.05) is 12.6 Å². The topological polar surface area (TPSA) is 20.7 Å². The SMILES string of the molecule is Fc1cc2[nH]c(=S)n(CC3CCCC3)c2cc1Br. The number of fused-ring (bicyclic) bond motifs is 1. The Morgan fingerprint density at radius 2 is 2.11 bits per heavy atom. The van der Waals surface area contributed by atoms with Gasteiger partial charge >= 0.3 is 0 Å². The fourth-order valence-electron chi connectivity index (χ4n) is 2.78. The summed E-state index contributed by atoms with van der Waals surface area (Å²) in [6.07, 6.45) is 5.19. The molecule has 1 N–H and O–H groups in total. The van der Waals surface area contributed by atoms with Crippen molar-refractivity contribution in [3.63, 3.8) is 0 Å². The Hall–Kier alpha value is -0.680. The number of imidazole rings is 1. The predicted molar refractivity (Wildman–Crippen MR) is 76.7 cm³/mol. The Labute approximate surface area is 118 Å². The lowest BCUT2D eigenvalue weighted by Crippen LogP contribution is -2.07. The summed E-state index contributed by atoms with van der Waals surface area (Å²) in [5.74, 6) is 0.450. The van der Waals surface area contributed by atoms with Crippen LogP contribution < -0.4 is 0 Å². The fourth-order valence-corrected chi connectivity index (χ4v) is 3.40. The molecule has 0 unspecified atom stereocenters. The van der Waals surface area contributed by atoms with E-state index >= 15 is 0 Å². The predicted octanol–water partition coefficient (Wildman–Crippen LogP) is 4.79. The van der Waals surface area contributed by atoms with Crippen LogP contribution in [0, 0.1) is 16.5 Å². The van der Waals surface area contributed by atoms with Gasteiger partial charge in [-0.15, -0.1) is 0 Å². The van der Waals surface area contributed by atoms with Gasteiger partial charge in [0.05, 0.1) is 15.5 Å². The molecule has 0 amide bonds. The van der Waals surface area contributed by atoms with Crippen molar-refractivity contribution in [1.29, 1.82) is 0 Å². The van der Waals surface area contributed by atoms with Crippen molar-refractivity contribution in [3.8, 4) is 0 Å². The minimum absolute atomic E-state index is 0.258. The van der Waals surface area contributed by atoms with Crippen LogP contribution in [0.1, 0.15) is 25.7 Å². The van der Waals surface area contributed by atoms with Gasteiger partial charge in [0.15, 0.2) is 4.77 Å². The minimum Gasteiger partial charge on any atom is -0.330 e. The van der Waals surface area contributed by atoms with E-state index in [2.05, 4.69) is 25.5 Å². The van der Waals surface area contributed by atoms with Crippen LogP contribution in [0.4, 0.5) is 4.39 Å². The Balaban J connectivity index is 2.07. The largest absolute Gasteiger partial charge is 0.330 e. The first-order valence-electron chi connectivity index (χ1n) is 6.22. The van der Waals surface area contributed by atoms with Crippen molar-refractivity contribution in [1.82, 2.24) is 9.55 Å². The first kappa shape index (κ1) is 12.4. The number of nitrogens with one attached hydrogen (secondary N) is 1. The molecule has 1 aliphatic carbocycles. The Bertz CT molecular complexity index is 640. The molecule has 1 fully saturated rings. The summed E-state index contributed by atoms with van der Waals surface area (Å²) in [5, 5.41) is 0. The third kappa shape index (κ3) is 2.14. The normalized spacial score (nSPS) is 16.8. The van der Waals surface area contributed by atoms with E-state index < -0.39 is 0 Å². The summed E-state index contributed by atoms with van der Waals surface area (Å²) in [5.41, 5.74) is 1.76. The molecule has 2 aromatic rings. The van der Waals surface area contributed by atoms with E-state index in [0.29, 0.717) is 15.2 Å². The standard InChI is InChI=1S/C13H14BrFN2S/c14-9-5-12-11(6-10(9)15)16-13(18)17(12)7-8-3-1-2-4-8/h5-6,8H,1-4,7H2,(H,16,18). The number of aromatic amines is 1. The van der Waals surface area contributed by atoms with Crippen molar-refractivity contribution >= 4 is 39.2 Å². The van der Waals surface area contributed by atoms with Gasteiger partial charge in [-0.3, -0.25) is 0 Å². The smallest absolute Gasteiger partial charge is 0.178 e. The van der Waals surface area contributed by atoms with Crippen LogP contribution in [0.15, 0.2) is 16.6 Å². The molecule has 96 valence electrons. The number of halogens is 2. The van der Waals surface area contributed by atoms with Crippen LogP contribution >= 0.6 is 28.1 Å². The summed E-state index contributed by atoms with van der Waals surface area (Å²) in [6, 6.07) is 3.31. The number of rotatable bonds is 2. The number of aromatic nitrogens is 2. The lowest BCUT2D eigenvalue weighted by Gasteiger charge is -2.11. The molecule has 1 heterocycles. The maximum absolute atomic E-state index is 13.5. The minimum atomic E-state index is -0.258. The van der Waals surface area contributed by atoms with E-state index in [1.165, 1.54) is 31.7 Å². The van der Waals surface area contributed by atoms with Gasteiger partial charge < -0.3 is 9.55 Å². The van der Waals surface area contributed by atoms with Crippen LogP contribution in [0.2, 0.25) is 0 Å². The van der Waals surface area contributed by atoms with E-state index in [9.17, 15) is 4.39 Å². The van der Waals surface area contributed by atoms with E-state index in [1.807, 2.05) is 6.07 Å². The zero-order valence-corrected chi connectivity index (χ0v) is 12.3. The second-order valence-corrected chi connectivity index (χ2v) is 6.22. The molecular formula is C13H14BrFN2S. The van der Waals surface area contributed by atoms with Crippen molar-refractivity contribution in [3.05, 3.63) is 27.2 Å². The summed E-state index contributed by atoms with van der Waals surface area (Å²) in [7, 11) is 0. The van der Waals surface area contributed by atoms with E-state index in [-0.39, 0.29) is 5.82 Å². The van der Waals surface area contributed by atoms with Gasteiger partial charge in [0.25, 0.3) is 0 Å². The fraction of sp³-hybridized carbons (Fsp3) is 0.462. The molecule has 1 aromatic heterocycles. The van der Waals surface area contributed by atoms with Gasteiger partial charge in [-0.05, 0) is 53.0 Å². The molecule has 0 atom stereocenters. The monoisotopic (exact) mass is 328 g/mol. The summed E-state index contributed by atoms with van der Waals surface area (Å²) >= 11 is 8.58. The zero-order chi connectivity index (χ0) is 12.7. The highest BCUT2D eigenvalue weighted by Gasteiger charge is 2.17. The molecular weight excluding hydrogens is 315 g/mol. The van der Waals surface area contributed by atoms with Crippen LogP contribution in [0.3, 0.4) is 0 Å². The number of hydrogen-bond donors (Lipinski definition) is 1. The first-order valence-corrected chi connectivity index (χ1v) is 7.43. The van der Waals surface area contributed by atoms with Gasteiger partial charge in [-0.1, -0.05) is 12.8 Å². The van der Waals surface area contributed by atoms with Gasteiger partial charge in [-0.25, -0.2) is 4.39 Å². The van der Waals surface area contributed by atoms with Crippen LogP contribution in [0.25, 0.3) is 11.0 Å². The lowest BCUT2D eigenvalue weighted by atomic mass is 10.1. The average Bonchev–Trinajstić information content (AvgIpc) is 2.92. The second kappa shape index (κ2) is 4.78. The third-order valence-electron chi connectivity index (χ3n) is 3.73. The number of nitrogens with zero attached hydrogens (tertiary/aromatic N) is 1. The molecule has 3 rings (SSSR count). The number of H-pyrrole nitrogens is 1. The maximum atomic E-state index is 13.5. The molecule has 1 aromatic carbocycles. The van der Waals surface area contributed by atoms with Gasteiger partial charge in [0.1, 0.15) is 5.82 Å². The quantitative estimate of drug-likeness (QED) is 0.786. The second-order valence-electron chi connectivity index (χ2n) is 4.97. The van der Waals surface area contributed by atoms with Crippen LogP contribution in [0.5, 0.6) is 0 Å². The Morgan fingerprint density at radius 1 is 1.39 bits per heavy atom. The Kier molecular flexibility index (Phi) is 3.28. The van der Waals surface area contributed by atoms with E-state index in [1.54, 1.807) is 0 Å². The van der Waals surface area contributed by atoms with Gasteiger partial charge in [0.2, 0.25) is 0 Å². The molecule has 2 nitrogen and oxygen atoms in total. The van der Waals surface area contributed by atoms with Crippen LogP contribution in [-0.4, -0.2) is 9.55 Å². The highest BCUT2D eigenvalue weighted by Crippen LogP contribution is 2.29.